The largest absolute Gasteiger partial charge is 0.485 e. The zero-order chi connectivity index (χ0) is 28.6. The number of fused-ring (bicyclic) bond motifs is 2. The Morgan fingerprint density at radius 3 is 2.67 bits per heavy atom. The molecule has 5 aromatic rings. The van der Waals surface area contributed by atoms with Crippen LogP contribution in [0.3, 0.4) is 0 Å². The molecule has 1 amide bonds. The van der Waals surface area contributed by atoms with Crippen LogP contribution in [-0.2, 0) is 0 Å². The molecule has 0 bridgehead atoms. The first kappa shape index (κ1) is 27.0. The number of carbonyl (C=O) groups is 1. The number of carboxylic acid groups (broad SMARTS) is 1. The summed E-state index contributed by atoms with van der Waals surface area (Å²) in [6.07, 6.45) is 2.12. The Kier molecular flexibility index (Phi) is 7.34. The number of aromatic nitrogens is 4. The van der Waals surface area contributed by atoms with E-state index in [1.165, 1.54) is 55.2 Å². The first-order valence-corrected chi connectivity index (χ1v) is 13.0. The Bertz CT molecular complexity index is 1810. The van der Waals surface area contributed by atoms with Crippen molar-refractivity contribution in [2.45, 2.75) is 26.0 Å². The fourth-order valence-electron chi connectivity index (χ4n) is 4.12. The van der Waals surface area contributed by atoms with E-state index in [1.807, 2.05) is 6.07 Å². The van der Waals surface area contributed by atoms with Crippen LogP contribution in [0.1, 0.15) is 19.4 Å². The van der Waals surface area contributed by atoms with Gasteiger partial charge < -0.3 is 14.6 Å². The maximum absolute atomic E-state index is 15.1. The Labute approximate surface area is 236 Å². The lowest BCUT2D eigenvalue weighted by atomic mass is 10.1. The molecule has 10 nitrogen and oxygen atoms in total. The van der Waals surface area contributed by atoms with Crippen LogP contribution >= 0.6 is 22.9 Å². The van der Waals surface area contributed by atoms with Crippen LogP contribution in [0.2, 0.25) is 5.02 Å². The Morgan fingerprint density at radius 2 is 1.95 bits per heavy atom. The van der Waals surface area contributed by atoms with Crippen molar-refractivity contribution in [3.63, 3.8) is 0 Å². The zero-order valence-corrected chi connectivity index (χ0v) is 22.9. The maximum Gasteiger partial charge on any atom is 0.412 e. The van der Waals surface area contributed by atoms with Crippen LogP contribution in [0.25, 0.3) is 31.8 Å². The summed E-state index contributed by atoms with van der Waals surface area (Å²) in [5.74, 6) is -0.372. The molecule has 0 aliphatic carbocycles. The fourth-order valence-corrected chi connectivity index (χ4v) is 5.32. The molecule has 0 fully saturated rings. The number of rotatable bonds is 7. The van der Waals surface area contributed by atoms with Crippen molar-refractivity contribution >= 4 is 56.0 Å². The molecular weight excluding hydrogens is 559 g/mol. The lowest BCUT2D eigenvalue weighted by Gasteiger charge is -2.31. The minimum atomic E-state index is -1.27. The number of amides is 1. The molecule has 202 valence electrons. The summed E-state index contributed by atoms with van der Waals surface area (Å²) in [7, 11) is 1.49. The number of thiazole rings is 1. The zero-order valence-electron chi connectivity index (χ0n) is 21.3. The molecule has 2 aromatic carbocycles. The molecule has 0 aliphatic heterocycles. The van der Waals surface area contributed by atoms with Crippen LogP contribution in [0.15, 0.2) is 48.9 Å². The van der Waals surface area contributed by atoms with Crippen molar-refractivity contribution in [3.05, 3.63) is 65.3 Å². The van der Waals surface area contributed by atoms with Crippen molar-refractivity contribution in [1.29, 1.82) is 5.26 Å². The molecule has 3 aromatic heterocycles. The molecule has 13 heteroatoms. The van der Waals surface area contributed by atoms with Crippen molar-refractivity contribution in [3.8, 4) is 28.3 Å². The second kappa shape index (κ2) is 10.9. The highest BCUT2D eigenvalue weighted by Crippen LogP contribution is 2.38. The van der Waals surface area contributed by atoms with Gasteiger partial charge in [0.2, 0.25) is 5.88 Å². The topological polar surface area (TPSA) is 134 Å². The number of methoxy groups -OCH3 is 1. The molecule has 0 radical (unpaired) electrons. The summed E-state index contributed by atoms with van der Waals surface area (Å²) >= 11 is 7.63. The minimum absolute atomic E-state index is 0.0585. The third-order valence-corrected chi connectivity index (χ3v) is 7.48. The van der Waals surface area contributed by atoms with E-state index < -0.39 is 24.1 Å². The summed E-state index contributed by atoms with van der Waals surface area (Å²) in [6, 6.07) is 8.77. The highest BCUT2D eigenvalue weighted by molar-refractivity contribution is 7.21. The van der Waals surface area contributed by atoms with Crippen molar-refractivity contribution in [2.24, 2.45) is 0 Å². The predicted octanol–water partition coefficient (Wildman–Crippen LogP) is 6.31. The number of halogens is 2. The SMILES string of the molecule is COc1cnc2c(-c3nc4cc(F)c(O[C@@H](C)[C@@H](C)N(C(=O)O)c5cncc(C#N)c5)cc4s3)cc(Cl)cc2n1. The Balaban J connectivity index is 1.46. The van der Waals surface area contributed by atoms with Gasteiger partial charge in [0.25, 0.3) is 0 Å². The van der Waals surface area contributed by atoms with E-state index in [2.05, 4.69) is 19.9 Å². The van der Waals surface area contributed by atoms with Gasteiger partial charge in [0.05, 0.1) is 58.0 Å². The number of ether oxygens (including phenoxy) is 2. The van der Waals surface area contributed by atoms with Gasteiger partial charge in [-0.3, -0.25) is 9.88 Å². The predicted molar refractivity (Wildman–Crippen MR) is 149 cm³/mol. The number of benzene rings is 2. The number of nitriles is 1. The molecule has 3 heterocycles. The van der Waals surface area contributed by atoms with E-state index >= 15 is 4.39 Å². The average molecular weight is 579 g/mol. The van der Waals surface area contributed by atoms with E-state index in [9.17, 15) is 9.90 Å². The van der Waals surface area contributed by atoms with Gasteiger partial charge in [0.1, 0.15) is 17.2 Å². The van der Waals surface area contributed by atoms with Gasteiger partial charge >= 0.3 is 6.09 Å². The van der Waals surface area contributed by atoms with Crippen LogP contribution in [0.5, 0.6) is 11.6 Å². The summed E-state index contributed by atoms with van der Waals surface area (Å²) < 4.78 is 26.9. The van der Waals surface area contributed by atoms with Crippen LogP contribution in [0, 0.1) is 17.1 Å². The minimum Gasteiger partial charge on any atom is -0.485 e. The molecule has 0 unspecified atom stereocenters. The molecule has 40 heavy (non-hydrogen) atoms. The molecule has 5 rings (SSSR count). The lowest BCUT2D eigenvalue weighted by molar-refractivity contribution is 0.167. The summed E-state index contributed by atoms with van der Waals surface area (Å²) in [4.78, 5) is 30.5. The van der Waals surface area contributed by atoms with Crippen molar-refractivity contribution in [2.75, 3.05) is 12.0 Å². The average Bonchev–Trinajstić information content (AvgIpc) is 3.34. The van der Waals surface area contributed by atoms with Gasteiger partial charge in [-0.05, 0) is 32.0 Å². The monoisotopic (exact) mass is 578 g/mol. The first-order valence-electron chi connectivity index (χ1n) is 11.8. The van der Waals surface area contributed by atoms with Gasteiger partial charge in [0, 0.05) is 28.9 Å². The Morgan fingerprint density at radius 1 is 1.15 bits per heavy atom. The highest BCUT2D eigenvalue weighted by Gasteiger charge is 2.29. The maximum atomic E-state index is 15.1. The van der Waals surface area contributed by atoms with E-state index in [4.69, 9.17) is 26.3 Å². The van der Waals surface area contributed by atoms with Crippen LogP contribution in [-0.4, -0.2) is 50.4 Å². The van der Waals surface area contributed by atoms with Gasteiger partial charge in [-0.15, -0.1) is 11.3 Å². The molecule has 0 aliphatic rings. The molecular formula is C27H20ClFN6O4S. The smallest absolute Gasteiger partial charge is 0.412 e. The summed E-state index contributed by atoms with van der Waals surface area (Å²) in [6.45, 7) is 3.26. The number of hydrogen-bond acceptors (Lipinski definition) is 9. The van der Waals surface area contributed by atoms with Crippen LogP contribution < -0.4 is 14.4 Å². The first-order chi connectivity index (χ1) is 19.2. The fraction of sp³-hybridized carbons (Fsp3) is 0.185. The van der Waals surface area contributed by atoms with Gasteiger partial charge in [-0.2, -0.15) is 5.26 Å². The van der Waals surface area contributed by atoms with E-state index in [0.717, 1.165) is 4.90 Å². The molecule has 1 N–H and O–H groups in total. The normalized spacial score (nSPS) is 12.6. The van der Waals surface area contributed by atoms with Crippen molar-refractivity contribution in [1.82, 2.24) is 19.9 Å². The molecule has 0 spiro atoms. The molecule has 0 saturated carbocycles. The van der Waals surface area contributed by atoms with Gasteiger partial charge in [-0.25, -0.2) is 24.1 Å². The van der Waals surface area contributed by atoms with Gasteiger partial charge in [-0.1, -0.05) is 11.6 Å². The molecule has 2 atom stereocenters. The summed E-state index contributed by atoms with van der Waals surface area (Å²) in [5, 5.41) is 20.0. The van der Waals surface area contributed by atoms with E-state index in [-0.39, 0.29) is 17.0 Å². The second-order valence-electron chi connectivity index (χ2n) is 8.76. The second-order valence-corrected chi connectivity index (χ2v) is 10.2. The third-order valence-electron chi connectivity index (χ3n) is 6.21. The van der Waals surface area contributed by atoms with E-state index in [1.54, 1.807) is 26.0 Å². The summed E-state index contributed by atoms with van der Waals surface area (Å²) in [5.41, 5.74) is 2.54. The van der Waals surface area contributed by atoms with Gasteiger partial charge in [0.15, 0.2) is 11.6 Å². The number of hydrogen-bond donors (Lipinski definition) is 1. The highest BCUT2D eigenvalue weighted by atomic mass is 35.5. The third kappa shape index (κ3) is 5.16. The number of anilines is 1. The quantitative estimate of drug-likeness (QED) is 0.235. The standard InChI is InChI=1S/C27H20ClFN6O4S/c1-13(35(27(36)37)17-4-15(9-30)10-31-11-17)14(2)39-22-8-23-20(7-19(22)29)34-26(40-23)18-5-16(28)6-21-25(18)32-12-24(33-21)38-3/h4-8,10-14H,1-3H3,(H,36,37)/t13-,14+/m1/s1. The number of pyridine rings is 1. The lowest BCUT2D eigenvalue weighted by Crippen LogP contribution is -2.46. The Hall–Kier alpha value is -4.60. The molecule has 0 saturated heterocycles. The van der Waals surface area contributed by atoms with Crippen molar-refractivity contribution < 1.29 is 23.8 Å². The van der Waals surface area contributed by atoms with E-state index in [0.29, 0.717) is 42.7 Å². The van der Waals surface area contributed by atoms with Crippen LogP contribution in [0.4, 0.5) is 14.9 Å². The number of nitrogens with zero attached hydrogens (tertiary/aromatic N) is 6.